The first kappa shape index (κ1) is 13.3. The van der Waals surface area contributed by atoms with E-state index in [1.165, 1.54) is 0 Å². The highest BCUT2D eigenvalue weighted by atomic mass is 35.5. The monoisotopic (exact) mass is 285 g/mol. The highest BCUT2D eigenvalue weighted by Gasteiger charge is 2.23. The summed E-state index contributed by atoms with van der Waals surface area (Å²) in [6.45, 7) is 1.92. The zero-order valence-corrected chi connectivity index (χ0v) is 11.2. The van der Waals surface area contributed by atoms with Gasteiger partial charge in [-0.3, -0.25) is 0 Å². The van der Waals surface area contributed by atoms with Gasteiger partial charge in [-0.1, -0.05) is 28.9 Å². The number of halogens is 2. The van der Waals surface area contributed by atoms with Crippen molar-refractivity contribution in [2.45, 2.75) is 12.3 Å². The molecule has 0 amide bonds. The topological polar surface area (TPSA) is 51.0 Å². The van der Waals surface area contributed by atoms with Crippen LogP contribution < -0.4 is 5.32 Å². The number of aromatic nitrogens is 2. The average Bonchev–Trinajstić information content (AvgIpc) is 3.00. The Balaban J connectivity index is 0.00000120. The normalized spacial score (nSPS) is 18.6. The van der Waals surface area contributed by atoms with Crippen LogP contribution in [-0.4, -0.2) is 23.2 Å². The highest BCUT2D eigenvalue weighted by molar-refractivity contribution is 6.33. The van der Waals surface area contributed by atoms with Crippen molar-refractivity contribution in [3.63, 3.8) is 0 Å². The second-order valence-electron chi connectivity index (χ2n) is 4.13. The quantitative estimate of drug-likeness (QED) is 0.922. The molecule has 0 unspecified atom stereocenters. The Morgan fingerprint density at radius 3 is 2.89 bits per heavy atom. The third kappa shape index (κ3) is 2.51. The molecule has 0 radical (unpaired) electrons. The van der Waals surface area contributed by atoms with Gasteiger partial charge in [0.15, 0.2) is 0 Å². The first-order valence-electron chi connectivity index (χ1n) is 5.64. The number of hydrogen-bond donors (Lipinski definition) is 1. The fraction of sp³-hybridized carbons (Fsp3) is 0.333. The van der Waals surface area contributed by atoms with Gasteiger partial charge in [0, 0.05) is 12.1 Å². The molecule has 0 spiro atoms. The summed E-state index contributed by atoms with van der Waals surface area (Å²) in [6, 6.07) is 7.51. The van der Waals surface area contributed by atoms with Gasteiger partial charge in [-0.15, -0.1) is 12.4 Å². The lowest BCUT2D eigenvalue weighted by molar-refractivity contribution is 0.359. The summed E-state index contributed by atoms with van der Waals surface area (Å²) in [5.41, 5.74) is 0.815. The Kier molecular flexibility index (Phi) is 4.22. The molecule has 0 aliphatic carbocycles. The number of benzene rings is 1. The van der Waals surface area contributed by atoms with Crippen molar-refractivity contribution in [3.05, 3.63) is 35.2 Å². The Morgan fingerprint density at radius 2 is 2.17 bits per heavy atom. The maximum absolute atomic E-state index is 6.09. The molecule has 1 aliphatic rings. The molecule has 3 rings (SSSR count). The molecule has 6 heteroatoms. The molecule has 1 N–H and O–H groups in total. The lowest BCUT2D eigenvalue weighted by Gasteiger charge is -1.99. The summed E-state index contributed by atoms with van der Waals surface area (Å²) < 4.78 is 5.30. The third-order valence-electron chi connectivity index (χ3n) is 2.97. The van der Waals surface area contributed by atoms with Crippen molar-refractivity contribution in [3.8, 4) is 11.4 Å². The summed E-state index contributed by atoms with van der Waals surface area (Å²) in [6.07, 6.45) is 1.05. The van der Waals surface area contributed by atoms with Gasteiger partial charge >= 0.3 is 0 Å². The van der Waals surface area contributed by atoms with Gasteiger partial charge in [-0.25, -0.2) is 0 Å². The van der Waals surface area contributed by atoms with Crippen LogP contribution >= 0.6 is 24.0 Å². The van der Waals surface area contributed by atoms with Crippen molar-refractivity contribution in [1.29, 1.82) is 0 Å². The SMILES string of the molecule is Cl.Clc1ccccc1-c1noc([C@H]2CCNC2)n1. The molecule has 1 aromatic heterocycles. The predicted molar refractivity (Wildman–Crippen MR) is 72.2 cm³/mol. The molecule has 18 heavy (non-hydrogen) atoms. The molecular formula is C12H13Cl2N3O. The van der Waals surface area contributed by atoms with E-state index in [0.29, 0.717) is 22.7 Å². The van der Waals surface area contributed by atoms with Gasteiger partial charge in [0.1, 0.15) is 0 Å². The first-order chi connectivity index (χ1) is 8.34. The lowest BCUT2D eigenvalue weighted by atomic mass is 10.1. The third-order valence-corrected chi connectivity index (χ3v) is 3.30. The Hall–Kier alpha value is -1.10. The Bertz CT molecular complexity index is 524. The van der Waals surface area contributed by atoms with Crippen molar-refractivity contribution >= 4 is 24.0 Å². The van der Waals surface area contributed by atoms with E-state index < -0.39 is 0 Å². The van der Waals surface area contributed by atoms with Crippen molar-refractivity contribution in [2.75, 3.05) is 13.1 Å². The van der Waals surface area contributed by atoms with Crippen LogP contribution in [0, 0.1) is 0 Å². The van der Waals surface area contributed by atoms with Crippen LogP contribution in [0.5, 0.6) is 0 Å². The minimum absolute atomic E-state index is 0. The van der Waals surface area contributed by atoms with Crippen molar-refractivity contribution in [1.82, 2.24) is 15.5 Å². The molecular weight excluding hydrogens is 273 g/mol. The van der Waals surface area contributed by atoms with Crippen molar-refractivity contribution in [2.24, 2.45) is 0 Å². The molecule has 1 fully saturated rings. The molecule has 1 aromatic carbocycles. The van der Waals surface area contributed by atoms with E-state index in [4.69, 9.17) is 16.1 Å². The molecule has 1 saturated heterocycles. The number of rotatable bonds is 2. The van der Waals surface area contributed by atoms with Crippen LogP contribution in [0.15, 0.2) is 28.8 Å². The van der Waals surface area contributed by atoms with Gasteiger partial charge in [-0.2, -0.15) is 4.98 Å². The molecule has 0 saturated carbocycles. The van der Waals surface area contributed by atoms with Gasteiger partial charge < -0.3 is 9.84 Å². The summed E-state index contributed by atoms with van der Waals surface area (Å²) in [5.74, 6) is 1.60. The second kappa shape index (κ2) is 5.69. The second-order valence-corrected chi connectivity index (χ2v) is 4.53. The first-order valence-corrected chi connectivity index (χ1v) is 6.01. The lowest BCUT2D eigenvalue weighted by Crippen LogP contribution is -2.08. The maximum atomic E-state index is 6.09. The van der Waals surface area contributed by atoms with Gasteiger partial charge in [0.2, 0.25) is 11.7 Å². The number of nitrogens with one attached hydrogen (secondary N) is 1. The smallest absolute Gasteiger partial charge is 0.231 e. The van der Waals surface area contributed by atoms with Crippen LogP contribution in [0.1, 0.15) is 18.2 Å². The minimum atomic E-state index is 0. The fourth-order valence-corrected chi connectivity index (χ4v) is 2.24. The van der Waals surface area contributed by atoms with Gasteiger partial charge in [-0.05, 0) is 25.1 Å². The molecule has 1 aliphatic heterocycles. The molecule has 1 atom stereocenters. The zero-order chi connectivity index (χ0) is 11.7. The number of hydrogen-bond acceptors (Lipinski definition) is 4. The fourth-order valence-electron chi connectivity index (χ4n) is 2.02. The van der Waals surface area contributed by atoms with E-state index in [2.05, 4.69) is 15.5 Å². The zero-order valence-electron chi connectivity index (χ0n) is 9.60. The van der Waals surface area contributed by atoms with E-state index >= 15 is 0 Å². The molecule has 96 valence electrons. The predicted octanol–water partition coefficient (Wildman–Crippen LogP) is 2.89. The highest BCUT2D eigenvalue weighted by Crippen LogP contribution is 2.27. The van der Waals surface area contributed by atoms with E-state index in [1.807, 2.05) is 24.3 Å². The van der Waals surface area contributed by atoms with Crippen LogP contribution in [0.3, 0.4) is 0 Å². The van der Waals surface area contributed by atoms with Crippen molar-refractivity contribution < 1.29 is 4.52 Å². The van der Waals surface area contributed by atoms with E-state index in [-0.39, 0.29) is 12.4 Å². The van der Waals surface area contributed by atoms with Gasteiger partial charge in [0.05, 0.1) is 10.9 Å². The van der Waals surface area contributed by atoms with Gasteiger partial charge in [0.25, 0.3) is 0 Å². The summed E-state index contributed by atoms with van der Waals surface area (Å²) >= 11 is 6.09. The maximum Gasteiger partial charge on any atom is 0.231 e. The molecule has 0 bridgehead atoms. The summed E-state index contributed by atoms with van der Waals surface area (Å²) in [5, 5.41) is 7.91. The van der Waals surface area contributed by atoms with Crippen LogP contribution in [0.25, 0.3) is 11.4 Å². The largest absolute Gasteiger partial charge is 0.339 e. The summed E-state index contributed by atoms with van der Waals surface area (Å²) in [4.78, 5) is 4.42. The standard InChI is InChI=1S/C12H12ClN3O.ClH/c13-10-4-2-1-3-9(10)11-15-12(17-16-11)8-5-6-14-7-8;/h1-4,8,14H,5-7H2;1H/t8-;/m0./s1. The Labute approximate surface area is 116 Å². The molecule has 4 nitrogen and oxygen atoms in total. The van der Waals surface area contributed by atoms with Crippen LogP contribution in [0.2, 0.25) is 5.02 Å². The van der Waals surface area contributed by atoms with Crippen LogP contribution in [-0.2, 0) is 0 Å². The molecule has 2 aromatic rings. The average molecular weight is 286 g/mol. The van der Waals surface area contributed by atoms with E-state index in [0.717, 1.165) is 25.1 Å². The van der Waals surface area contributed by atoms with Crippen LogP contribution in [0.4, 0.5) is 0 Å². The Morgan fingerprint density at radius 1 is 1.33 bits per heavy atom. The summed E-state index contributed by atoms with van der Waals surface area (Å²) in [7, 11) is 0. The minimum Gasteiger partial charge on any atom is -0.339 e. The molecule has 2 heterocycles. The number of nitrogens with zero attached hydrogens (tertiary/aromatic N) is 2. The van der Waals surface area contributed by atoms with E-state index in [1.54, 1.807) is 0 Å². The van der Waals surface area contributed by atoms with E-state index in [9.17, 15) is 0 Å².